The highest BCUT2D eigenvalue weighted by Gasteiger charge is 2.29. The Labute approximate surface area is 114 Å². The zero-order valence-corrected chi connectivity index (χ0v) is 11.4. The average molecular weight is 312 g/mol. The van der Waals surface area contributed by atoms with Crippen LogP contribution < -0.4 is 4.74 Å². The molecule has 2 heterocycles. The number of aliphatic hydroxyl groups excluding tert-OH is 1. The van der Waals surface area contributed by atoms with Crippen LogP contribution in [0.2, 0.25) is 0 Å². The van der Waals surface area contributed by atoms with Gasteiger partial charge in [-0.2, -0.15) is 0 Å². The summed E-state index contributed by atoms with van der Waals surface area (Å²) in [5.41, 5.74) is 2.20. The van der Waals surface area contributed by atoms with Crippen LogP contribution in [-0.2, 0) is 17.8 Å². The lowest BCUT2D eigenvalue weighted by atomic mass is 10.1. The van der Waals surface area contributed by atoms with Crippen LogP contribution in [0.1, 0.15) is 17.5 Å². The van der Waals surface area contributed by atoms with Crippen LogP contribution in [0.25, 0.3) is 0 Å². The number of ether oxygens (including phenoxy) is 1. The lowest BCUT2D eigenvalue weighted by Gasteiger charge is -2.18. The van der Waals surface area contributed by atoms with Gasteiger partial charge in [0.2, 0.25) is 5.91 Å². The fourth-order valence-corrected chi connectivity index (χ4v) is 3.13. The quantitative estimate of drug-likeness (QED) is 0.900. The predicted molar refractivity (Wildman–Crippen MR) is 69.4 cm³/mol. The summed E-state index contributed by atoms with van der Waals surface area (Å²) in [7, 11) is 0. The minimum absolute atomic E-state index is 0.00854. The van der Waals surface area contributed by atoms with E-state index in [1.807, 2.05) is 6.07 Å². The lowest BCUT2D eigenvalue weighted by molar-refractivity contribution is -0.128. The number of benzene rings is 1. The summed E-state index contributed by atoms with van der Waals surface area (Å²) < 4.78 is 6.64. The van der Waals surface area contributed by atoms with Gasteiger partial charge in [-0.25, -0.2) is 0 Å². The van der Waals surface area contributed by atoms with Crippen LogP contribution in [0.5, 0.6) is 5.75 Å². The van der Waals surface area contributed by atoms with Crippen LogP contribution in [0, 0.1) is 0 Å². The van der Waals surface area contributed by atoms with Gasteiger partial charge in [-0.3, -0.25) is 4.79 Å². The molecule has 3 rings (SSSR count). The van der Waals surface area contributed by atoms with Crippen molar-refractivity contribution in [3.05, 3.63) is 27.7 Å². The van der Waals surface area contributed by atoms with Crippen LogP contribution in [0.3, 0.4) is 0 Å². The Morgan fingerprint density at radius 2 is 2.33 bits per heavy atom. The first-order chi connectivity index (χ1) is 8.63. The standard InChI is InChI=1S/C13H14BrNO3/c14-10-3-8-1-2-18-13(8)9(4-10)6-15-7-11(16)5-12(15)17/h3-4,11,16H,1-2,5-7H2. The molecule has 1 atom stereocenters. The van der Waals surface area contributed by atoms with Crippen molar-refractivity contribution in [2.45, 2.75) is 25.5 Å². The van der Waals surface area contributed by atoms with Gasteiger partial charge in [0.15, 0.2) is 0 Å². The third-order valence-corrected chi connectivity index (χ3v) is 3.84. The van der Waals surface area contributed by atoms with E-state index in [0.29, 0.717) is 19.7 Å². The molecule has 0 aromatic heterocycles. The Morgan fingerprint density at radius 1 is 1.50 bits per heavy atom. The number of aliphatic hydroxyl groups is 1. The monoisotopic (exact) mass is 311 g/mol. The highest BCUT2D eigenvalue weighted by atomic mass is 79.9. The molecule has 0 aliphatic carbocycles. The Morgan fingerprint density at radius 3 is 3.06 bits per heavy atom. The van der Waals surface area contributed by atoms with E-state index in [9.17, 15) is 9.90 Å². The van der Waals surface area contributed by atoms with Crippen LogP contribution in [-0.4, -0.2) is 35.2 Å². The van der Waals surface area contributed by atoms with Gasteiger partial charge in [0, 0.05) is 29.5 Å². The van der Waals surface area contributed by atoms with Crippen molar-refractivity contribution in [1.82, 2.24) is 4.90 Å². The number of carbonyl (C=O) groups excluding carboxylic acids is 1. The van der Waals surface area contributed by atoms with Crippen molar-refractivity contribution in [1.29, 1.82) is 0 Å². The fourth-order valence-electron chi connectivity index (χ4n) is 2.57. The van der Waals surface area contributed by atoms with Crippen molar-refractivity contribution in [3.8, 4) is 5.75 Å². The Hall–Kier alpha value is -1.07. The first-order valence-corrected chi connectivity index (χ1v) is 6.83. The number of β-amino-alcohol motifs (C(OH)–C–C–N with tert-alkyl or cyclic N) is 1. The first-order valence-electron chi connectivity index (χ1n) is 6.03. The van der Waals surface area contributed by atoms with Crippen molar-refractivity contribution < 1.29 is 14.6 Å². The maximum absolute atomic E-state index is 11.7. The molecule has 1 aromatic carbocycles. The summed E-state index contributed by atoms with van der Waals surface area (Å²) in [5.74, 6) is 0.918. The summed E-state index contributed by atoms with van der Waals surface area (Å²) in [6, 6.07) is 4.05. The molecule has 1 unspecified atom stereocenters. The van der Waals surface area contributed by atoms with Gasteiger partial charge in [-0.1, -0.05) is 15.9 Å². The van der Waals surface area contributed by atoms with Gasteiger partial charge >= 0.3 is 0 Å². The Bertz CT molecular complexity index is 503. The lowest BCUT2D eigenvalue weighted by Crippen LogP contribution is -2.25. The summed E-state index contributed by atoms with van der Waals surface area (Å²) in [6.07, 6.45) is 0.619. The van der Waals surface area contributed by atoms with Gasteiger partial charge in [0.05, 0.1) is 19.1 Å². The van der Waals surface area contributed by atoms with Crippen molar-refractivity contribution in [2.75, 3.05) is 13.2 Å². The summed E-state index contributed by atoms with van der Waals surface area (Å²) >= 11 is 3.48. The predicted octanol–water partition coefficient (Wildman–Crippen LogP) is 1.48. The number of halogens is 1. The van der Waals surface area contributed by atoms with E-state index in [1.54, 1.807) is 4.90 Å². The normalized spacial score (nSPS) is 22.2. The molecule has 1 aromatic rings. The zero-order chi connectivity index (χ0) is 12.7. The number of rotatable bonds is 2. The molecule has 0 spiro atoms. The second kappa shape index (κ2) is 4.55. The SMILES string of the molecule is O=C1CC(O)CN1Cc1cc(Br)cc2c1OCC2. The molecule has 96 valence electrons. The number of amides is 1. The highest BCUT2D eigenvalue weighted by Crippen LogP contribution is 2.34. The second-order valence-corrected chi connectivity index (χ2v) is 5.70. The number of likely N-dealkylation sites (tertiary alicyclic amines) is 1. The van der Waals surface area contributed by atoms with E-state index >= 15 is 0 Å². The second-order valence-electron chi connectivity index (χ2n) is 4.78. The Kier molecular flexibility index (Phi) is 3.03. The molecule has 2 aliphatic rings. The highest BCUT2D eigenvalue weighted by molar-refractivity contribution is 9.10. The van der Waals surface area contributed by atoms with E-state index in [2.05, 4.69) is 22.0 Å². The van der Waals surface area contributed by atoms with E-state index in [4.69, 9.17) is 4.74 Å². The van der Waals surface area contributed by atoms with E-state index < -0.39 is 6.10 Å². The van der Waals surface area contributed by atoms with Crippen LogP contribution in [0.15, 0.2) is 16.6 Å². The van der Waals surface area contributed by atoms with Crippen LogP contribution in [0.4, 0.5) is 0 Å². The number of hydrogen-bond acceptors (Lipinski definition) is 3. The van der Waals surface area contributed by atoms with Crippen molar-refractivity contribution in [3.63, 3.8) is 0 Å². The number of nitrogens with zero attached hydrogens (tertiary/aromatic N) is 1. The molecule has 1 amide bonds. The summed E-state index contributed by atoms with van der Waals surface area (Å²) in [6.45, 7) is 1.63. The van der Waals surface area contributed by atoms with E-state index in [1.165, 1.54) is 5.56 Å². The molecule has 4 nitrogen and oxygen atoms in total. The number of hydrogen-bond donors (Lipinski definition) is 1. The average Bonchev–Trinajstić information content (AvgIpc) is 2.86. The fraction of sp³-hybridized carbons (Fsp3) is 0.462. The molecule has 1 saturated heterocycles. The molecule has 0 radical (unpaired) electrons. The molecule has 1 N–H and O–H groups in total. The molecule has 2 aliphatic heterocycles. The largest absolute Gasteiger partial charge is 0.493 e. The van der Waals surface area contributed by atoms with E-state index in [-0.39, 0.29) is 12.3 Å². The van der Waals surface area contributed by atoms with Gasteiger partial charge in [0.25, 0.3) is 0 Å². The first kappa shape index (κ1) is 12.0. The smallest absolute Gasteiger partial charge is 0.225 e. The minimum atomic E-state index is -0.529. The minimum Gasteiger partial charge on any atom is -0.493 e. The van der Waals surface area contributed by atoms with Gasteiger partial charge in [-0.15, -0.1) is 0 Å². The molecule has 5 heteroatoms. The van der Waals surface area contributed by atoms with Crippen molar-refractivity contribution >= 4 is 21.8 Å². The summed E-state index contributed by atoms with van der Waals surface area (Å²) in [5, 5.41) is 9.49. The molecule has 1 fully saturated rings. The topological polar surface area (TPSA) is 49.8 Å². The van der Waals surface area contributed by atoms with Crippen LogP contribution >= 0.6 is 15.9 Å². The van der Waals surface area contributed by atoms with Gasteiger partial charge in [0.1, 0.15) is 5.75 Å². The molecule has 0 bridgehead atoms. The third-order valence-electron chi connectivity index (χ3n) is 3.38. The molecular weight excluding hydrogens is 298 g/mol. The number of carbonyl (C=O) groups is 1. The van der Waals surface area contributed by atoms with Crippen molar-refractivity contribution in [2.24, 2.45) is 0 Å². The van der Waals surface area contributed by atoms with E-state index in [0.717, 1.165) is 22.2 Å². The number of fused-ring (bicyclic) bond motifs is 1. The van der Waals surface area contributed by atoms with Gasteiger partial charge < -0.3 is 14.7 Å². The summed E-state index contributed by atoms with van der Waals surface area (Å²) in [4.78, 5) is 13.4. The maximum Gasteiger partial charge on any atom is 0.225 e. The van der Waals surface area contributed by atoms with Gasteiger partial charge in [-0.05, 0) is 17.7 Å². The Balaban J connectivity index is 1.87. The molecule has 18 heavy (non-hydrogen) atoms. The zero-order valence-electron chi connectivity index (χ0n) is 9.86. The third kappa shape index (κ3) is 2.12. The molecular formula is C13H14BrNO3. The molecule has 0 saturated carbocycles. The maximum atomic E-state index is 11.7.